The van der Waals surface area contributed by atoms with E-state index >= 15 is 0 Å². The van der Waals surface area contributed by atoms with Crippen molar-refractivity contribution in [2.75, 3.05) is 37.4 Å². The van der Waals surface area contributed by atoms with E-state index in [1.54, 1.807) is 7.11 Å². The molecule has 0 aliphatic carbocycles. The molecular formula is C15H28N4O2. The van der Waals surface area contributed by atoms with Crippen molar-refractivity contribution >= 4 is 11.6 Å². The van der Waals surface area contributed by atoms with Gasteiger partial charge in [-0.25, -0.2) is 9.97 Å². The summed E-state index contributed by atoms with van der Waals surface area (Å²) in [5.41, 5.74) is 0. The Bertz CT molecular complexity index is 401. The summed E-state index contributed by atoms with van der Waals surface area (Å²) < 4.78 is 5.11. The van der Waals surface area contributed by atoms with Crippen molar-refractivity contribution in [1.82, 2.24) is 9.97 Å². The third-order valence-electron chi connectivity index (χ3n) is 3.29. The van der Waals surface area contributed by atoms with Crippen molar-refractivity contribution in [3.63, 3.8) is 0 Å². The fraction of sp³-hybridized carbons (Fsp3) is 0.733. The second-order valence-electron chi connectivity index (χ2n) is 5.08. The second-order valence-corrected chi connectivity index (χ2v) is 5.08. The van der Waals surface area contributed by atoms with Gasteiger partial charge in [0.15, 0.2) is 5.82 Å². The average molecular weight is 296 g/mol. The number of ether oxygens (including phenoxy) is 1. The van der Waals surface area contributed by atoms with Crippen LogP contribution in [0.15, 0.2) is 6.07 Å². The van der Waals surface area contributed by atoms with Crippen LogP contribution >= 0.6 is 0 Å². The third-order valence-corrected chi connectivity index (χ3v) is 3.29. The lowest BCUT2D eigenvalue weighted by Crippen LogP contribution is -2.17. The van der Waals surface area contributed by atoms with E-state index in [4.69, 9.17) is 9.84 Å². The van der Waals surface area contributed by atoms with Gasteiger partial charge in [-0.05, 0) is 18.8 Å². The topological polar surface area (TPSA) is 79.3 Å². The Balaban J connectivity index is 2.71. The first-order chi connectivity index (χ1) is 10.2. The number of hydrogen-bond acceptors (Lipinski definition) is 6. The van der Waals surface area contributed by atoms with Gasteiger partial charge in [0, 0.05) is 32.9 Å². The maximum atomic E-state index is 9.04. The fourth-order valence-electron chi connectivity index (χ4n) is 2.01. The van der Waals surface area contributed by atoms with Crippen LogP contribution in [0.25, 0.3) is 0 Å². The van der Waals surface area contributed by atoms with Crippen LogP contribution in [0.5, 0.6) is 0 Å². The molecule has 1 rings (SSSR count). The molecule has 0 bridgehead atoms. The molecule has 1 aromatic heterocycles. The molecule has 0 aromatic carbocycles. The summed E-state index contributed by atoms with van der Waals surface area (Å²) in [6, 6.07) is 1.92. The number of rotatable bonds is 11. The van der Waals surface area contributed by atoms with E-state index in [9.17, 15) is 0 Å². The number of anilines is 2. The lowest BCUT2D eigenvalue weighted by Gasteiger charge is -2.16. The first kappa shape index (κ1) is 17.7. The van der Waals surface area contributed by atoms with Crippen LogP contribution in [0.4, 0.5) is 11.6 Å². The quantitative estimate of drug-likeness (QED) is 0.581. The molecule has 0 amide bonds. The maximum absolute atomic E-state index is 9.04. The summed E-state index contributed by atoms with van der Waals surface area (Å²) in [5, 5.41) is 15.7. The van der Waals surface area contributed by atoms with Crippen molar-refractivity contribution < 1.29 is 9.84 Å². The average Bonchev–Trinajstić information content (AvgIpc) is 2.49. The fourth-order valence-corrected chi connectivity index (χ4v) is 2.01. The molecule has 0 fully saturated rings. The highest BCUT2D eigenvalue weighted by Gasteiger charge is 2.08. The van der Waals surface area contributed by atoms with E-state index in [2.05, 4.69) is 34.4 Å². The number of nitrogens with zero attached hydrogens (tertiary/aromatic N) is 2. The summed E-state index contributed by atoms with van der Waals surface area (Å²) in [6.07, 6.45) is 2.88. The molecule has 0 aliphatic heterocycles. The predicted molar refractivity (Wildman–Crippen MR) is 85.5 cm³/mol. The minimum absolute atomic E-state index is 0.224. The number of nitrogens with one attached hydrogen (secondary N) is 2. The summed E-state index contributed by atoms with van der Waals surface area (Å²) in [4.78, 5) is 8.86. The van der Waals surface area contributed by atoms with Gasteiger partial charge < -0.3 is 20.5 Å². The molecule has 1 unspecified atom stereocenters. The summed E-state index contributed by atoms with van der Waals surface area (Å²) in [6.45, 7) is 6.54. The zero-order chi connectivity index (χ0) is 15.5. The Labute approximate surface area is 127 Å². The number of methoxy groups -OCH3 is 1. The van der Waals surface area contributed by atoms with E-state index in [1.807, 2.05) is 6.07 Å². The Hall–Kier alpha value is -1.40. The highest BCUT2D eigenvalue weighted by Crippen LogP contribution is 2.14. The molecule has 0 saturated carbocycles. The summed E-state index contributed by atoms with van der Waals surface area (Å²) in [5.74, 6) is 2.72. The van der Waals surface area contributed by atoms with E-state index < -0.39 is 0 Å². The SMILES string of the molecule is CCCNc1cc(NCC(CC)CCO)nc(COC)n1. The van der Waals surface area contributed by atoms with Gasteiger partial charge in [0.2, 0.25) is 0 Å². The molecular weight excluding hydrogens is 268 g/mol. The monoisotopic (exact) mass is 296 g/mol. The van der Waals surface area contributed by atoms with Gasteiger partial charge in [0.1, 0.15) is 18.2 Å². The lowest BCUT2D eigenvalue weighted by atomic mass is 10.0. The Morgan fingerprint density at radius 1 is 1.24 bits per heavy atom. The zero-order valence-electron chi connectivity index (χ0n) is 13.4. The van der Waals surface area contributed by atoms with Gasteiger partial charge >= 0.3 is 0 Å². The lowest BCUT2D eigenvalue weighted by molar-refractivity contribution is 0.178. The molecule has 1 atom stereocenters. The van der Waals surface area contributed by atoms with E-state index in [-0.39, 0.29) is 6.61 Å². The van der Waals surface area contributed by atoms with Crippen molar-refractivity contribution in [3.05, 3.63) is 11.9 Å². The molecule has 0 spiro atoms. The van der Waals surface area contributed by atoms with Crippen LogP contribution in [-0.2, 0) is 11.3 Å². The van der Waals surface area contributed by atoms with Crippen molar-refractivity contribution in [2.45, 2.75) is 39.7 Å². The molecule has 6 heteroatoms. The summed E-state index contributed by atoms with van der Waals surface area (Å²) in [7, 11) is 1.64. The number of aliphatic hydroxyl groups excluding tert-OH is 1. The first-order valence-corrected chi connectivity index (χ1v) is 7.68. The van der Waals surface area contributed by atoms with Crippen molar-refractivity contribution in [1.29, 1.82) is 0 Å². The minimum atomic E-state index is 0.224. The standard InChI is InChI=1S/C15H28N4O2/c1-4-7-16-13-9-14(19-15(18-13)11-21-3)17-10-12(5-2)6-8-20/h9,12,20H,4-8,10-11H2,1-3H3,(H2,16,17,18,19). The molecule has 1 aromatic rings. The number of aromatic nitrogens is 2. The Morgan fingerprint density at radius 2 is 1.95 bits per heavy atom. The second kappa shape index (κ2) is 10.3. The number of aliphatic hydroxyl groups is 1. The minimum Gasteiger partial charge on any atom is -0.396 e. The van der Waals surface area contributed by atoms with Gasteiger partial charge in [-0.3, -0.25) is 0 Å². The molecule has 0 radical (unpaired) electrons. The molecule has 6 nitrogen and oxygen atoms in total. The van der Waals surface area contributed by atoms with Crippen LogP contribution in [0, 0.1) is 5.92 Å². The van der Waals surface area contributed by atoms with Crippen molar-refractivity contribution in [2.24, 2.45) is 5.92 Å². The van der Waals surface area contributed by atoms with Gasteiger partial charge in [0.25, 0.3) is 0 Å². The Kier molecular flexibility index (Phi) is 8.69. The van der Waals surface area contributed by atoms with Gasteiger partial charge in [0.05, 0.1) is 0 Å². The smallest absolute Gasteiger partial charge is 0.158 e. The highest BCUT2D eigenvalue weighted by atomic mass is 16.5. The summed E-state index contributed by atoms with van der Waals surface area (Å²) >= 11 is 0. The van der Waals surface area contributed by atoms with Crippen LogP contribution < -0.4 is 10.6 Å². The van der Waals surface area contributed by atoms with E-state index in [1.165, 1.54) is 0 Å². The van der Waals surface area contributed by atoms with Crippen molar-refractivity contribution in [3.8, 4) is 0 Å². The van der Waals surface area contributed by atoms with Crippen LogP contribution in [-0.4, -0.2) is 41.9 Å². The van der Waals surface area contributed by atoms with Gasteiger partial charge in [-0.15, -0.1) is 0 Å². The normalized spacial score (nSPS) is 12.2. The number of hydrogen-bond donors (Lipinski definition) is 3. The molecule has 120 valence electrons. The predicted octanol–water partition coefficient (Wildman–Crippen LogP) is 2.27. The van der Waals surface area contributed by atoms with E-state index in [0.29, 0.717) is 18.3 Å². The van der Waals surface area contributed by atoms with E-state index in [0.717, 1.165) is 44.0 Å². The largest absolute Gasteiger partial charge is 0.396 e. The maximum Gasteiger partial charge on any atom is 0.158 e. The first-order valence-electron chi connectivity index (χ1n) is 7.68. The van der Waals surface area contributed by atoms with Crippen LogP contribution in [0.3, 0.4) is 0 Å². The molecule has 3 N–H and O–H groups in total. The van der Waals surface area contributed by atoms with Gasteiger partial charge in [-0.1, -0.05) is 20.3 Å². The molecule has 0 saturated heterocycles. The van der Waals surface area contributed by atoms with Crippen LogP contribution in [0.2, 0.25) is 0 Å². The van der Waals surface area contributed by atoms with Crippen LogP contribution in [0.1, 0.15) is 38.9 Å². The zero-order valence-corrected chi connectivity index (χ0v) is 13.4. The third kappa shape index (κ3) is 6.73. The molecule has 1 heterocycles. The molecule has 21 heavy (non-hydrogen) atoms. The molecule has 0 aliphatic rings. The van der Waals surface area contributed by atoms with Gasteiger partial charge in [-0.2, -0.15) is 0 Å². The Morgan fingerprint density at radius 3 is 2.52 bits per heavy atom. The highest BCUT2D eigenvalue weighted by molar-refractivity contribution is 5.47.